The normalized spacial score (nSPS) is 20.6. The Kier molecular flexibility index (Phi) is 10.1. The van der Waals surface area contributed by atoms with Crippen molar-refractivity contribution in [2.75, 3.05) is 27.2 Å². The fourth-order valence-corrected chi connectivity index (χ4v) is 3.22. The lowest BCUT2D eigenvalue weighted by Gasteiger charge is -2.46. The predicted molar refractivity (Wildman–Crippen MR) is 107 cm³/mol. The van der Waals surface area contributed by atoms with E-state index >= 15 is 0 Å². The van der Waals surface area contributed by atoms with Crippen LogP contribution in [0, 0.1) is 0 Å². The number of likely N-dealkylation sites (N-methyl/N-ethyl adjacent to an activating group) is 2. The Bertz CT molecular complexity index is 476. The summed E-state index contributed by atoms with van der Waals surface area (Å²) < 4.78 is 0. The van der Waals surface area contributed by atoms with E-state index in [4.69, 9.17) is 11.6 Å². The minimum Gasteiger partial charge on any atom is -0.329 e. The number of carbonyl (C=O) groups excluding carboxylic acids is 1. The van der Waals surface area contributed by atoms with Crippen LogP contribution in [0.25, 0.3) is 0 Å². The van der Waals surface area contributed by atoms with Crippen molar-refractivity contribution in [3.8, 4) is 0 Å². The van der Waals surface area contributed by atoms with Gasteiger partial charge in [0.25, 0.3) is 0 Å². The van der Waals surface area contributed by atoms with Gasteiger partial charge in [-0.25, -0.2) is 4.99 Å². The molecule has 2 heterocycles. The topological polar surface area (TPSA) is 39.2 Å². The van der Waals surface area contributed by atoms with Gasteiger partial charge < -0.3 is 9.80 Å². The highest BCUT2D eigenvalue weighted by Gasteiger charge is 2.39. The van der Waals surface area contributed by atoms with E-state index in [-0.39, 0.29) is 12.1 Å². The van der Waals surface area contributed by atoms with Crippen molar-refractivity contribution in [3.63, 3.8) is 0 Å². The third-order valence-electron chi connectivity index (χ3n) is 4.68. The van der Waals surface area contributed by atoms with Gasteiger partial charge in [-0.05, 0) is 18.0 Å². The number of halogens is 1. The smallest absolute Gasteiger partial charge is 0.240 e. The molecular formula is C19H35ClN4O. The molecule has 0 aromatic heterocycles. The number of hydrogen-bond acceptors (Lipinski definition) is 4. The van der Waals surface area contributed by atoms with Gasteiger partial charge in [0, 0.05) is 20.6 Å². The first-order valence-corrected chi connectivity index (χ1v) is 10.0. The molecule has 0 radical (unpaired) electrons. The van der Waals surface area contributed by atoms with Gasteiger partial charge in [0.05, 0.1) is 18.4 Å². The van der Waals surface area contributed by atoms with E-state index in [2.05, 4.69) is 30.7 Å². The Morgan fingerprint density at radius 3 is 2.28 bits per heavy atom. The lowest BCUT2D eigenvalue weighted by atomic mass is 10.1. The molecule has 2 aliphatic rings. The van der Waals surface area contributed by atoms with Crippen LogP contribution in [0.1, 0.15) is 65.7 Å². The molecule has 0 aromatic carbocycles. The van der Waals surface area contributed by atoms with E-state index in [0.29, 0.717) is 11.8 Å². The Balaban J connectivity index is 0.000000550. The van der Waals surface area contributed by atoms with Gasteiger partial charge in [0.15, 0.2) is 5.29 Å². The average Bonchev–Trinajstić information content (AvgIpc) is 2.60. The van der Waals surface area contributed by atoms with Gasteiger partial charge in [0.1, 0.15) is 6.17 Å². The Morgan fingerprint density at radius 2 is 1.72 bits per heavy atom. The summed E-state index contributed by atoms with van der Waals surface area (Å²) in [5, 5.41) is 0.472. The minimum absolute atomic E-state index is 0.0179. The molecule has 1 atom stereocenters. The van der Waals surface area contributed by atoms with Crippen LogP contribution in [0.2, 0.25) is 0 Å². The maximum atomic E-state index is 12.1. The Labute approximate surface area is 158 Å². The molecular weight excluding hydrogens is 336 g/mol. The first-order chi connectivity index (χ1) is 12.0. The van der Waals surface area contributed by atoms with E-state index in [1.165, 1.54) is 38.5 Å². The molecule has 0 spiro atoms. The second-order valence-corrected chi connectivity index (χ2v) is 7.11. The molecule has 1 fully saturated rings. The highest BCUT2D eigenvalue weighted by molar-refractivity contribution is 6.64. The molecule has 144 valence electrons. The number of amides is 1. The summed E-state index contributed by atoms with van der Waals surface area (Å²) in [5.41, 5.74) is 0.906. The third kappa shape index (κ3) is 6.30. The maximum Gasteiger partial charge on any atom is 0.240 e. The number of aliphatic imine (C=N–C) groups is 1. The zero-order valence-corrected chi connectivity index (χ0v) is 17.3. The van der Waals surface area contributed by atoms with Gasteiger partial charge in [-0.1, -0.05) is 59.3 Å². The third-order valence-corrected chi connectivity index (χ3v) is 5.04. The van der Waals surface area contributed by atoms with E-state index in [1.807, 2.05) is 11.9 Å². The summed E-state index contributed by atoms with van der Waals surface area (Å²) in [5.74, 6) is 0.115. The first-order valence-electron chi connectivity index (χ1n) is 9.64. The summed E-state index contributed by atoms with van der Waals surface area (Å²) in [4.78, 5) is 22.0. The van der Waals surface area contributed by atoms with Gasteiger partial charge >= 0.3 is 0 Å². The van der Waals surface area contributed by atoms with Crippen LogP contribution in [0.15, 0.2) is 16.9 Å². The molecule has 1 amide bonds. The highest BCUT2D eigenvalue weighted by atomic mass is 35.5. The Hall–Kier alpha value is -1.07. The molecule has 1 saturated heterocycles. The van der Waals surface area contributed by atoms with Crippen molar-refractivity contribution < 1.29 is 4.79 Å². The molecule has 1 unspecified atom stereocenters. The maximum absolute atomic E-state index is 12.1. The molecule has 0 aliphatic carbocycles. The van der Waals surface area contributed by atoms with Gasteiger partial charge in [-0.15, -0.1) is 0 Å². The number of unbranched alkanes of at least 4 members (excludes halogenated alkanes) is 5. The summed E-state index contributed by atoms with van der Waals surface area (Å²) in [6.07, 6.45) is 10.6. The molecule has 5 nitrogen and oxygen atoms in total. The lowest BCUT2D eigenvalue weighted by Crippen LogP contribution is -2.60. The van der Waals surface area contributed by atoms with Crippen molar-refractivity contribution in [2.24, 2.45) is 4.99 Å². The number of hydrogen-bond donors (Lipinski definition) is 0. The van der Waals surface area contributed by atoms with Crippen LogP contribution >= 0.6 is 11.6 Å². The van der Waals surface area contributed by atoms with Crippen LogP contribution in [-0.4, -0.2) is 59.3 Å². The predicted octanol–water partition coefficient (Wildman–Crippen LogP) is 4.24. The average molecular weight is 371 g/mol. The van der Waals surface area contributed by atoms with Crippen LogP contribution in [-0.2, 0) is 4.79 Å². The first kappa shape index (κ1) is 22.0. The number of nitrogens with zero attached hydrogens (tertiary/aromatic N) is 4. The molecule has 6 heteroatoms. The van der Waals surface area contributed by atoms with E-state index < -0.39 is 0 Å². The molecule has 2 aliphatic heterocycles. The fourth-order valence-electron chi connectivity index (χ4n) is 3.08. The summed E-state index contributed by atoms with van der Waals surface area (Å²) in [6, 6.07) is 0. The largest absolute Gasteiger partial charge is 0.329 e. The molecule has 25 heavy (non-hydrogen) atoms. The van der Waals surface area contributed by atoms with Crippen molar-refractivity contribution in [1.29, 1.82) is 0 Å². The Morgan fingerprint density at radius 1 is 1.08 bits per heavy atom. The van der Waals surface area contributed by atoms with Gasteiger partial charge in [0.2, 0.25) is 5.91 Å². The van der Waals surface area contributed by atoms with Crippen molar-refractivity contribution in [3.05, 3.63) is 11.9 Å². The number of rotatable bonds is 7. The SMILES string of the molecule is CCCCC.CCCCCCN1CC(=O)N(C)C2=CN=C(Cl)N(C)C21. The fraction of sp³-hybridized carbons (Fsp3) is 0.789. The quantitative estimate of drug-likeness (QED) is 0.497. The van der Waals surface area contributed by atoms with Crippen LogP contribution in [0.3, 0.4) is 0 Å². The summed E-state index contributed by atoms with van der Waals surface area (Å²) >= 11 is 6.12. The second-order valence-electron chi connectivity index (χ2n) is 6.77. The summed E-state index contributed by atoms with van der Waals surface area (Å²) in [7, 11) is 3.73. The molecule has 0 aromatic rings. The van der Waals surface area contributed by atoms with Crippen molar-refractivity contribution >= 4 is 22.8 Å². The monoisotopic (exact) mass is 370 g/mol. The van der Waals surface area contributed by atoms with Gasteiger partial charge in [-0.2, -0.15) is 0 Å². The van der Waals surface area contributed by atoms with E-state index in [0.717, 1.165) is 18.7 Å². The van der Waals surface area contributed by atoms with Crippen molar-refractivity contribution in [2.45, 2.75) is 71.9 Å². The molecule has 0 saturated carbocycles. The standard InChI is InChI=1S/C14H23ClN4O.C5H12/c1-4-5-6-7-8-19-10-12(20)17(2)11-9-16-14(15)18(3)13(11)19;1-3-5-4-2/h9,13H,4-8,10H2,1-3H3;3-5H2,1-2H3. The number of amidine groups is 1. The van der Waals surface area contributed by atoms with Gasteiger partial charge in [-0.3, -0.25) is 9.69 Å². The molecule has 2 rings (SSSR count). The van der Waals surface area contributed by atoms with E-state index in [9.17, 15) is 4.79 Å². The lowest BCUT2D eigenvalue weighted by molar-refractivity contribution is -0.135. The zero-order chi connectivity index (χ0) is 18.8. The van der Waals surface area contributed by atoms with Crippen LogP contribution in [0.5, 0.6) is 0 Å². The zero-order valence-electron chi connectivity index (χ0n) is 16.6. The van der Waals surface area contributed by atoms with Crippen LogP contribution in [0.4, 0.5) is 0 Å². The summed E-state index contributed by atoms with van der Waals surface area (Å²) in [6.45, 7) is 7.98. The minimum atomic E-state index is 0.0179. The number of piperazine rings is 1. The molecule has 0 N–H and O–H groups in total. The number of carbonyl (C=O) groups is 1. The molecule has 0 bridgehead atoms. The second kappa shape index (κ2) is 11.5. The van der Waals surface area contributed by atoms with Crippen LogP contribution < -0.4 is 0 Å². The van der Waals surface area contributed by atoms with Crippen molar-refractivity contribution in [1.82, 2.24) is 14.7 Å². The highest BCUT2D eigenvalue weighted by Crippen LogP contribution is 2.27. The number of fused-ring (bicyclic) bond motifs is 1. The van der Waals surface area contributed by atoms with E-state index in [1.54, 1.807) is 18.1 Å².